The first-order valence-corrected chi connectivity index (χ1v) is 3.93. The maximum absolute atomic E-state index is 11.2. The van der Waals surface area contributed by atoms with Crippen LogP contribution in [0, 0.1) is 0 Å². The summed E-state index contributed by atoms with van der Waals surface area (Å²) in [4.78, 5) is 23.4. The summed E-state index contributed by atoms with van der Waals surface area (Å²) in [6, 6.07) is 0. The van der Waals surface area contributed by atoms with Crippen molar-refractivity contribution in [3.8, 4) is 0 Å². The Morgan fingerprint density at radius 2 is 2.33 bits per heavy atom. The number of hydrogen-bond acceptors (Lipinski definition) is 2. The number of nitrogens with zero attached hydrogens (tertiary/aromatic N) is 1. The van der Waals surface area contributed by atoms with Crippen LogP contribution in [0.5, 0.6) is 0 Å². The van der Waals surface area contributed by atoms with Crippen LogP contribution < -0.4 is 5.73 Å². The highest BCUT2D eigenvalue weighted by atomic mass is 16.2. The van der Waals surface area contributed by atoms with Gasteiger partial charge in [-0.3, -0.25) is 9.59 Å². The van der Waals surface area contributed by atoms with Gasteiger partial charge in [0.05, 0.1) is 0 Å². The molecule has 0 saturated carbocycles. The van der Waals surface area contributed by atoms with Crippen molar-refractivity contribution in [1.82, 2.24) is 4.90 Å². The molecule has 1 rings (SSSR count). The summed E-state index contributed by atoms with van der Waals surface area (Å²) in [5.41, 5.74) is 5.41. The van der Waals surface area contributed by atoms with Crippen molar-refractivity contribution in [2.45, 2.75) is 19.8 Å². The van der Waals surface area contributed by atoms with E-state index in [1.165, 1.54) is 4.90 Å². The van der Waals surface area contributed by atoms with Crippen molar-refractivity contribution in [3.05, 3.63) is 11.8 Å². The Morgan fingerprint density at radius 1 is 1.67 bits per heavy atom. The van der Waals surface area contributed by atoms with Crippen LogP contribution in [-0.4, -0.2) is 23.3 Å². The number of rotatable bonds is 2. The number of carbonyl (C=O) groups is 2. The highest BCUT2D eigenvalue weighted by Crippen LogP contribution is 2.15. The first-order valence-electron chi connectivity index (χ1n) is 3.93. The van der Waals surface area contributed by atoms with Crippen LogP contribution >= 0.6 is 0 Å². The maximum atomic E-state index is 11.2. The minimum Gasteiger partial charge on any atom is -0.364 e. The van der Waals surface area contributed by atoms with Gasteiger partial charge in [-0.15, -0.1) is 0 Å². The number of primary amides is 1. The lowest BCUT2D eigenvalue weighted by atomic mass is 10.3. The molecule has 66 valence electrons. The van der Waals surface area contributed by atoms with E-state index in [4.69, 9.17) is 5.73 Å². The van der Waals surface area contributed by atoms with E-state index in [0.29, 0.717) is 18.7 Å². The van der Waals surface area contributed by atoms with E-state index >= 15 is 0 Å². The van der Waals surface area contributed by atoms with Crippen LogP contribution in [-0.2, 0) is 9.59 Å². The molecule has 0 aliphatic carbocycles. The van der Waals surface area contributed by atoms with Crippen molar-refractivity contribution < 1.29 is 9.59 Å². The third-order valence-electron chi connectivity index (χ3n) is 1.89. The monoisotopic (exact) mass is 168 g/mol. The third-order valence-corrected chi connectivity index (χ3v) is 1.89. The molecule has 1 saturated heterocycles. The summed E-state index contributed by atoms with van der Waals surface area (Å²) < 4.78 is 0. The van der Waals surface area contributed by atoms with Crippen molar-refractivity contribution in [3.63, 3.8) is 0 Å². The Labute approximate surface area is 71.0 Å². The van der Waals surface area contributed by atoms with E-state index in [1.54, 1.807) is 13.0 Å². The molecule has 2 amide bonds. The Bertz CT molecular complexity index is 245. The van der Waals surface area contributed by atoms with Crippen molar-refractivity contribution in [1.29, 1.82) is 0 Å². The molecule has 1 fully saturated rings. The van der Waals surface area contributed by atoms with Crippen molar-refractivity contribution in [2.75, 3.05) is 6.54 Å². The van der Waals surface area contributed by atoms with E-state index in [-0.39, 0.29) is 5.91 Å². The standard InChI is InChI=1S/C8H12N2O2/c1-2-6(8(9)12)10-5-3-4-7(10)11/h2H,3-5H2,1H3,(H2,9,12)/b6-2-. The lowest BCUT2D eigenvalue weighted by Crippen LogP contribution is -2.32. The second-order valence-electron chi connectivity index (χ2n) is 2.69. The van der Waals surface area contributed by atoms with Gasteiger partial charge >= 0.3 is 0 Å². The average molecular weight is 168 g/mol. The Kier molecular flexibility index (Phi) is 2.47. The van der Waals surface area contributed by atoms with Gasteiger partial charge < -0.3 is 10.6 Å². The van der Waals surface area contributed by atoms with E-state index < -0.39 is 5.91 Å². The molecule has 1 heterocycles. The lowest BCUT2D eigenvalue weighted by Gasteiger charge is -2.15. The van der Waals surface area contributed by atoms with Gasteiger partial charge in [-0.25, -0.2) is 0 Å². The normalized spacial score (nSPS) is 18.6. The summed E-state index contributed by atoms with van der Waals surface area (Å²) in [5.74, 6) is -0.547. The number of hydrogen-bond donors (Lipinski definition) is 1. The molecular weight excluding hydrogens is 156 g/mol. The largest absolute Gasteiger partial charge is 0.364 e. The maximum Gasteiger partial charge on any atom is 0.265 e. The predicted molar refractivity (Wildman–Crippen MR) is 43.9 cm³/mol. The van der Waals surface area contributed by atoms with E-state index in [2.05, 4.69) is 0 Å². The number of amides is 2. The predicted octanol–water partition coefficient (Wildman–Crippen LogP) is -0.00210. The molecular formula is C8H12N2O2. The molecule has 0 aromatic carbocycles. The fraction of sp³-hybridized carbons (Fsp3) is 0.500. The SMILES string of the molecule is C/C=C(/C(N)=O)N1CCCC1=O. The van der Waals surface area contributed by atoms with Crippen LogP contribution in [0.15, 0.2) is 11.8 Å². The van der Waals surface area contributed by atoms with Gasteiger partial charge in [0, 0.05) is 13.0 Å². The fourth-order valence-electron chi connectivity index (χ4n) is 1.33. The second kappa shape index (κ2) is 3.38. The molecule has 0 bridgehead atoms. The van der Waals surface area contributed by atoms with Crippen LogP contribution in [0.25, 0.3) is 0 Å². The summed E-state index contributed by atoms with van der Waals surface area (Å²) in [6.45, 7) is 2.31. The highest BCUT2D eigenvalue weighted by Gasteiger charge is 2.25. The molecule has 0 aromatic heterocycles. The third kappa shape index (κ3) is 1.47. The fourth-order valence-corrected chi connectivity index (χ4v) is 1.33. The molecule has 0 spiro atoms. The van der Waals surface area contributed by atoms with Crippen LogP contribution in [0.1, 0.15) is 19.8 Å². The highest BCUT2D eigenvalue weighted by molar-refractivity contribution is 5.96. The first kappa shape index (κ1) is 8.77. The van der Waals surface area contributed by atoms with E-state index in [0.717, 1.165) is 6.42 Å². The second-order valence-corrected chi connectivity index (χ2v) is 2.69. The number of nitrogens with two attached hydrogens (primary N) is 1. The molecule has 4 heteroatoms. The van der Waals surface area contributed by atoms with Crippen molar-refractivity contribution in [2.24, 2.45) is 5.73 Å². The molecule has 12 heavy (non-hydrogen) atoms. The summed E-state index contributed by atoms with van der Waals surface area (Å²) in [5, 5.41) is 0. The van der Waals surface area contributed by atoms with Crippen LogP contribution in [0.4, 0.5) is 0 Å². The number of carbonyl (C=O) groups excluding carboxylic acids is 2. The smallest absolute Gasteiger partial charge is 0.265 e. The van der Waals surface area contributed by atoms with Crippen LogP contribution in [0.2, 0.25) is 0 Å². The summed E-state index contributed by atoms with van der Waals surface area (Å²) in [6.07, 6.45) is 2.90. The lowest BCUT2D eigenvalue weighted by molar-refractivity contribution is -0.129. The summed E-state index contributed by atoms with van der Waals surface area (Å²) >= 11 is 0. The van der Waals surface area contributed by atoms with Crippen LogP contribution in [0.3, 0.4) is 0 Å². The minimum absolute atomic E-state index is 0.0121. The molecule has 4 nitrogen and oxygen atoms in total. The average Bonchev–Trinajstić information content (AvgIpc) is 2.38. The Hall–Kier alpha value is -1.32. The quantitative estimate of drug-likeness (QED) is 0.590. The van der Waals surface area contributed by atoms with Gasteiger partial charge in [0.15, 0.2) is 0 Å². The molecule has 0 unspecified atom stereocenters. The van der Waals surface area contributed by atoms with E-state index in [1.807, 2.05) is 0 Å². The Balaban J connectivity index is 2.80. The molecule has 2 N–H and O–H groups in total. The molecule has 1 aliphatic rings. The van der Waals surface area contributed by atoms with E-state index in [9.17, 15) is 9.59 Å². The molecule has 0 aromatic rings. The molecule has 0 radical (unpaired) electrons. The van der Waals surface area contributed by atoms with Gasteiger partial charge in [0.1, 0.15) is 5.70 Å². The van der Waals surface area contributed by atoms with Crippen molar-refractivity contribution >= 4 is 11.8 Å². The zero-order chi connectivity index (χ0) is 9.14. The zero-order valence-corrected chi connectivity index (χ0v) is 7.04. The van der Waals surface area contributed by atoms with Gasteiger partial charge in [0.25, 0.3) is 5.91 Å². The van der Waals surface area contributed by atoms with Gasteiger partial charge in [-0.2, -0.15) is 0 Å². The van der Waals surface area contributed by atoms with Gasteiger partial charge in [-0.05, 0) is 13.3 Å². The first-order chi connectivity index (χ1) is 5.66. The number of allylic oxidation sites excluding steroid dienone is 1. The van der Waals surface area contributed by atoms with Gasteiger partial charge in [-0.1, -0.05) is 6.08 Å². The molecule has 0 atom stereocenters. The van der Waals surface area contributed by atoms with Gasteiger partial charge in [0.2, 0.25) is 5.91 Å². The molecule has 1 aliphatic heterocycles. The number of likely N-dealkylation sites (tertiary alicyclic amines) is 1. The minimum atomic E-state index is -0.534. The summed E-state index contributed by atoms with van der Waals surface area (Å²) in [7, 11) is 0. The topological polar surface area (TPSA) is 63.4 Å². The Morgan fingerprint density at radius 3 is 2.67 bits per heavy atom. The zero-order valence-electron chi connectivity index (χ0n) is 7.04.